The van der Waals surface area contributed by atoms with Crippen molar-refractivity contribution in [1.82, 2.24) is 10.5 Å². The molecule has 3 amide bonds. The number of hydrogen-bond donors (Lipinski definition) is 2. The molecule has 35 heavy (non-hydrogen) atoms. The molecule has 9 heteroatoms. The van der Waals surface area contributed by atoms with Crippen LogP contribution >= 0.6 is 0 Å². The molecule has 5 rings (SSSR count). The molecule has 0 aliphatic carbocycles. The summed E-state index contributed by atoms with van der Waals surface area (Å²) in [7, 11) is 0. The van der Waals surface area contributed by atoms with E-state index < -0.39 is 40.5 Å². The summed E-state index contributed by atoms with van der Waals surface area (Å²) >= 11 is 0. The van der Waals surface area contributed by atoms with Crippen molar-refractivity contribution in [2.75, 3.05) is 10.2 Å². The average Bonchev–Trinajstić information content (AvgIpc) is 3.44. The lowest BCUT2D eigenvalue weighted by molar-refractivity contribution is -0.131. The van der Waals surface area contributed by atoms with Gasteiger partial charge >= 0.3 is 0 Å². The van der Waals surface area contributed by atoms with E-state index in [1.54, 1.807) is 32.1 Å². The summed E-state index contributed by atoms with van der Waals surface area (Å²) in [5.41, 5.74) is -1.41. The van der Waals surface area contributed by atoms with Gasteiger partial charge in [0.25, 0.3) is 0 Å². The molecule has 0 radical (unpaired) electrons. The highest BCUT2D eigenvalue weighted by Gasteiger charge is 2.76. The third-order valence-electron chi connectivity index (χ3n) is 6.98. The molecule has 2 saturated heterocycles. The number of amides is 3. The van der Waals surface area contributed by atoms with Crippen molar-refractivity contribution in [1.29, 1.82) is 0 Å². The maximum atomic E-state index is 14.1. The molecule has 1 spiro atoms. The molecule has 2 aromatic rings. The first-order chi connectivity index (χ1) is 16.4. The van der Waals surface area contributed by atoms with Crippen LogP contribution in [0, 0.1) is 25.7 Å². The van der Waals surface area contributed by atoms with Crippen LogP contribution in [-0.2, 0) is 19.1 Å². The second-order valence-corrected chi connectivity index (χ2v) is 10.9. The van der Waals surface area contributed by atoms with E-state index in [0.717, 1.165) is 5.56 Å². The summed E-state index contributed by atoms with van der Waals surface area (Å²) < 4.78 is 11.6. The summed E-state index contributed by atoms with van der Waals surface area (Å²) in [5, 5.41) is 9.63. The molecule has 184 valence electrons. The van der Waals surface area contributed by atoms with Crippen LogP contribution in [-0.4, -0.2) is 45.7 Å². The van der Waals surface area contributed by atoms with Crippen molar-refractivity contribution in [3.8, 4) is 0 Å². The summed E-state index contributed by atoms with van der Waals surface area (Å²) in [6.07, 6.45) is 3.60. The molecule has 9 nitrogen and oxygen atoms in total. The normalized spacial score (nSPS) is 31.1. The number of ether oxygens (including phenoxy) is 1. The Bertz CT molecular complexity index is 1260. The van der Waals surface area contributed by atoms with Crippen molar-refractivity contribution >= 4 is 29.2 Å². The predicted octanol–water partition coefficient (Wildman–Crippen LogP) is 2.89. The summed E-state index contributed by atoms with van der Waals surface area (Å²) in [5.74, 6) is -2.01. The number of nitrogens with one attached hydrogen (secondary N) is 2. The van der Waals surface area contributed by atoms with Gasteiger partial charge in [0.05, 0.1) is 17.4 Å². The molecule has 3 aliphatic rings. The smallest absolute Gasteiger partial charge is 0.246 e. The van der Waals surface area contributed by atoms with E-state index >= 15 is 0 Å². The van der Waals surface area contributed by atoms with E-state index in [-0.39, 0.29) is 17.6 Å². The SMILES string of the molecule is Cc1cc(NC(=O)[C@@H]2[C@H]3C(=O)N(c4ccccc4C)[C@@H](C(=O)NC(C)(C)C)[C@@]34C=C[C@@]2(C)O4)no1. The number of benzene rings is 1. The molecule has 0 saturated carbocycles. The lowest BCUT2D eigenvalue weighted by Crippen LogP contribution is -2.58. The fourth-order valence-corrected chi connectivity index (χ4v) is 5.69. The summed E-state index contributed by atoms with van der Waals surface area (Å²) in [6, 6.07) is 8.03. The van der Waals surface area contributed by atoms with Crippen LogP contribution in [0.5, 0.6) is 0 Å². The van der Waals surface area contributed by atoms with Crippen molar-refractivity contribution in [3.05, 3.63) is 53.8 Å². The van der Waals surface area contributed by atoms with Crippen molar-refractivity contribution < 1.29 is 23.6 Å². The van der Waals surface area contributed by atoms with E-state index in [0.29, 0.717) is 11.4 Å². The standard InChI is InChI=1S/C26H30N4O5/c1-14-9-7-8-10-16(14)30-20(22(32)28-24(3,4)5)26-12-11-25(6,35-26)18(19(26)23(30)33)21(31)27-17-13-15(2)34-29-17/h7-13,18-20H,1-6H3,(H,28,32)(H,27,29,31)/t18-,19-,20-,25+,26+/m0/s1. The highest BCUT2D eigenvalue weighted by Crippen LogP contribution is 2.60. The Morgan fingerprint density at radius 3 is 2.46 bits per heavy atom. The van der Waals surface area contributed by atoms with Gasteiger partial charge in [-0.3, -0.25) is 19.3 Å². The third kappa shape index (κ3) is 3.48. The van der Waals surface area contributed by atoms with Gasteiger partial charge in [0.15, 0.2) is 5.82 Å². The molecular formula is C26H30N4O5. The lowest BCUT2D eigenvalue weighted by Gasteiger charge is -2.35. The Balaban J connectivity index is 1.61. The molecule has 2 N–H and O–H groups in total. The number of nitrogens with zero attached hydrogens (tertiary/aromatic N) is 2. The molecule has 4 heterocycles. The molecule has 5 atom stereocenters. The summed E-state index contributed by atoms with van der Waals surface area (Å²) in [4.78, 5) is 42.9. The minimum absolute atomic E-state index is 0.264. The number of aromatic nitrogens is 1. The third-order valence-corrected chi connectivity index (χ3v) is 6.98. The van der Waals surface area contributed by atoms with Crippen molar-refractivity contribution in [2.24, 2.45) is 11.8 Å². The number of carbonyl (C=O) groups excluding carboxylic acids is 3. The zero-order chi connectivity index (χ0) is 25.3. The second-order valence-electron chi connectivity index (χ2n) is 10.9. The first-order valence-electron chi connectivity index (χ1n) is 11.7. The first-order valence-corrected chi connectivity index (χ1v) is 11.7. The first kappa shape index (κ1) is 23.3. The minimum Gasteiger partial charge on any atom is -0.360 e. The predicted molar refractivity (Wildman–Crippen MR) is 129 cm³/mol. The van der Waals surface area contributed by atoms with E-state index in [9.17, 15) is 14.4 Å². The van der Waals surface area contributed by atoms with Gasteiger partial charge in [0.1, 0.15) is 17.4 Å². The van der Waals surface area contributed by atoms with Crippen molar-refractivity contribution in [3.63, 3.8) is 0 Å². The number of aryl methyl sites for hydroxylation is 2. The zero-order valence-electron chi connectivity index (χ0n) is 20.7. The van der Waals surface area contributed by atoms with Crippen LogP contribution in [0.3, 0.4) is 0 Å². The van der Waals surface area contributed by atoms with Gasteiger partial charge in [-0.15, -0.1) is 0 Å². The van der Waals surface area contributed by atoms with E-state index in [1.165, 1.54) is 4.90 Å². The summed E-state index contributed by atoms with van der Waals surface area (Å²) in [6.45, 7) is 11.0. The quantitative estimate of drug-likeness (QED) is 0.654. The van der Waals surface area contributed by atoms with Crippen LogP contribution < -0.4 is 15.5 Å². The van der Waals surface area contributed by atoms with Gasteiger partial charge in [-0.1, -0.05) is 35.5 Å². The monoisotopic (exact) mass is 478 g/mol. The fraction of sp³-hybridized carbons (Fsp3) is 0.462. The molecule has 3 aliphatic heterocycles. The Labute approximate surface area is 203 Å². The average molecular weight is 479 g/mol. The highest BCUT2D eigenvalue weighted by molar-refractivity contribution is 6.11. The topological polar surface area (TPSA) is 114 Å². The lowest BCUT2D eigenvalue weighted by atomic mass is 9.70. The van der Waals surface area contributed by atoms with E-state index in [1.807, 2.05) is 52.0 Å². The number of fused-ring (bicyclic) bond motifs is 1. The van der Waals surface area contributed by atoms with Gasteiger partial charge in [-0.2, -0.15) is 0 Å². The van der Waals surface area contributed by atoms with Gasteiger partial charge < -0.3 is 19.9 Å². The van der Waals surface area contributed by atoms with Crippen LogP contribution in [0.4, 0.5) is 11.5 Å². The number of hydrogen-bond acceptors (Lipinski definition) is 6. The number of para-hydroxylation sites is 1. The van der Waals surface area contributed by atoms with Crippen LogP contribution in [0.15, 0.2) is 47.0 Å². The molecule has 1 aromatic heterocycles. The van der Waals surface area contributed by atoms with Crippen LogP contribution in [0.25, 0.3) is 0 Å². The molecule has 1 aromatic carbocycles. The second kappa shape index (κ2) is 7.52. The molecule has 2 fully saturated rings. The van der Waals surface area contributed by atoms with Crippen LogP contribution in [0.1, 0.15) is 39.0 Å². The maximum absolute atomic E-state index is 14.1. The molecule has 2 bridgehead atoms. The number of anilines is 2. The zero-order valence-corrected chi connectivity index (χ0v) is 20.7. The van der Waals surface area contributed by atoms with Gasteiger partial charge in [-0.25, -0.2) is 0 Å². The maximum Gasteiger partial charge on any atom is 0.246 e. The minimum atomic E-state index is -1.29. The number of carbonyl (C=O) groups is 3. The Morgan fingerprint density at radius 2 is 1.83 bits per heavy atom. The molecule has 0 unspecified atom stereocenters. The molecular weight excluding hydrogens is 448 g/mol. The fourth-order valence-electron chi connectivity index (χ4n) is 5.69. The largest absolute Gasteiger partial charge is 0.360 e. The van der Waals surface area contributed by atoms with Gasteiger partial charge in [0, 0.05) is 17.3 Å². The van der Waals surface area contributed by atoms with E-state index in [2.05, 4.69) is 15.8 Å². The Morgan fingerprint density at radius 1 is 1.11 bits per heavy atom. The highest BCUT2D eigenvalue weighted by atomic mass is 16.5. The Kier molecular flexibility index (Phi) is 5.00. The van der Waals surface area contributed by atoms with Gasteiger partial charge in [0.2, 0.25) is 17.7 Å². The van der Waals surface area contributed by atoms with E-state index in [4.69, 9.17) is 9.26 Å². The number of rotatable bonds is 4. The Hall–Kier alpha value is -3.46. The van der Waals surface area contributed by atoms with Gasteiger partial charge in [-0.05, 0) is 53.2 Å². The van der Waals surface area contributed by atoms with Crippen LogP contribution in [0.2, 0.25) is 0 Å². The van der Waals surface area contributed by atoms with Crippen molar-refractivity contribution in [2.45, 2.75) is 64.3 Å².